The Kier molecular flexibility index (Phi) is 4.64. The van der Waals surface area contributed by atoms with Gasteiger partial charge in [-0.2, -0.15) is 0 Å². The largest absolute Gasteiger partial charge is 0.343 e. The SMILES string of the molecule is O=C(C[C@H]1CCCCN1)N1CCCCCC1. The van der Waals surface area contributed by atoms with Crippen molar-refractivity contribution in [3.63, 3.8) is 0 Å². The number of carbonyl (C=O) groups excluding carboxylic acids is 1. The highest BCUT2D eigenvalue weighted by Crippen LogP contribution is 2.14. The molecule has 0 saturated carbocycles. The van der Waals surface area contributed by atoms with E-state index in [1.165, 1.54) is 44.9 Å². The highest BCUT2D eigenvalue weighted by Gasteiger charge is 2.21. The number of likely N-dealkylation sites (tertiary alicyclic amines) is 1. The zero-order valence-corrected chi connectivity index (χ0v) is 10.2. The Labute approximate surface area is 98.6 Å². The predicted molar refractivity (Wildman–Crippen MR) is 65.3 cm³/mol. The van der Waals surface area contributed by atoms with E-state index in [1.807, 2.05) is 0 Å². The molecule has 16 heavy (non-hydrogen) atoms. The molecule has 0 spiro atoms. The number of nitrogens with one attached hydrogen (secondary N) is 1. The third-order valence-corrected chi connectivity index (χ3v) is 3.79. The Bertz CT molecular complexity index is 216. The molecule has 0 bridgehead atoms. The normalized spacial score (nSPS) is 27.5. The summed E-state index contributed by atoms with van der Waals surface area (Å²) in [5.74, 6) is 0.376. The summed E-state index contributed by atoms with van der Waals surface area (Å²) < 4.78 is 0. The van der Waals surface area contributed by atoms with E-state index in [1.54, 1.807) is 0 Å². The quantitative estimate of drug-likeness (QED) is 0.777. The molecule has 0 aromatic heterocycles. The van der Waals surface area contributed by atoms with Crippen LogP contribution in [-0.4, -0.2) is 36.5 Å². The molecule has 1 N–H and O–H groups in total. The monoisotopic (exact) mass is 224 g/mol. The number of hydrogen-bond acceptors (Lipinski definition) is 2. The van der Waals surface area contributed by atoms with Gasteiger partial charge in [0.1, 0.15) is 0 Å². The number of carbonyl (C=O) groups is 1. The van der Waals surface area contributed by atoms with Crippen LogP contribution in [0.4, 0.5) is 0 Å². The Morgan fingerprint density at radius 3 is 2.44 bits per heavy atom. The van der Waals surface area contributed by atoms with Crippen molar-refractivity contribution >= 4 is 5.91 Å². The van der Waals surface area contributed by atoms with Crippen LogP contribution in [-0.2, 0) is 4.79 Å². The second kappa shape index (κ2) is 6.24. The van der Waals surface area contributed by atoms with Gasteiger partial charge < -0.3 is 10.2 Å². The molecule has 3 nitrogen and oxygen atoms in total. The second-order valence-corrected chi connectivity index (χ2v) is 5.15. The maximum atomic E-state index is 12.1. The van der Waals surface area contributed by atoms with Crippen LogP contribution in [0.1, 0.15) is 51.4 Å². The first-order chi connectivity index (χ1) is 7.86. The summed E-state index contributed by atoms with van der Waals surface area (Å²) in [7, 11) is 0. The minimum Gasteiger partial charge on any atom is -0.343 e. The van der Waals surface area contributed by atoms with Gasteiger partial charge in [-0.05, 0) is 32.2 Å². The summed E-state index contributed by atoms with van der Waals surface area (Å²) in [6.45, 7) is 3.08. The average molecular weight is 224 g/mol. The number of amides is 1. The number of nitrogens with zero attached hydrogens (tertiary/aromatic N) is 1. The molecule has 2 saturated heterocycles. The highest BCUT2D eigenvalue weighted by molar-refractivity contribution is 5.76. The molecule has 0 aliphatic carbocycles. The predicted octanol–water partition coefficient (Wildman–Crippen LogP) is 1.92. The van der Waals surface area contributed by atoms with Crippen LogP contribution in [0.25, 0.3) is 0 Å². The molecule has 0 aromatic carbocycles. The number of rotatable bonds is 2. The molecular formula is C13H24N2O. The van der Waals surface area contributed by atoms with E-state index in [2.05, 4.69) is 10.2 Å². The summed E-state index contributed by atoms with van der Waals surface area (Å²) in [6, 6.07) is 0.449. The van der Waals surface area contributed by atoms with Gasteiger partial charge in [-0.15, -0.1) is 0 Å². The molecule has 2 rings (SSSR count). The van der Waals surface area contributed by atoms with Crippen LogP contribution in [0.2, 0.25) is 0 Å². The van der Waals surface area contributed by atoms with Crippen LogP contribution in [0.5, 0.6) is 0 Å². The molecule has 2 aliphatic rings. The van der Waals surface area contributed by atoms with Crippen LogP contribution < -0.4 is 5.32 Å². The van der Waals surface area contributed by atoms with Crippen molar-refractivity contribution in [2.75, 3.05) is 19.6 Å². The van der Waals surface area contributed by atoms with E-state index in [0.717, 1.165) is 26.1 Å². The molecule has 2 aliphatic heterocycles. The molecule has 0 unspecified atom stereocenters. The van der Waals surface area contributed by atoms with Gasteiger partial charge in [-0.25, -0.2) is 0 Å². The minimum atomic E-state index is 0.376. The van der Waals surface area contributed by atoms with Gasteiger partial charge in [0.05, 0.1) is 0 Å². The zero-order valence-electron chi connectivity index (χ0n) is 10.2. The smallest absolute Gasteiger partial charge is 0.224 e. The molecular weight excluding hydrogens is 200 g/mol. The third kappa shape index (κ3) is 3.48. The van der Waals surface area contributed by atoms with Gasteiger partial charge in [0.15, 0.2) is 0 Å². The summed E-state index contributed by atoms with van der Waals surface area (Å²) >= 11 is 0. The van der Waals surface area contributed by atoms with Gasteiger partial charge in [0, 0.05) is 25.6 Å². The Hall–Kier alpha value is -0.570. The van der Waals surface area contributed by atoms with E-state index in [-0.39, 0.29) is 0 Å². The van der Waals surface area contributed by atoms with Crippen LogP contribution >= 0.6 is 0 Å². The maximum absolute atomic E-state index is 12.1. The first-order valence-electron chi connectivity index (χ1n) is 6.87. The fraction of sp³-hybridized carbons (Fsp3) is 0.923. The minimum absolute atomic E-state index is 0.376. The van der Waals surface area contributed by atoms with Gasteiger partial charge in [0.2, 0.25) is 5.91 Å². The van der Waals surface area contributed by atoms with Gasteiger partial charge in [-0.3, -0.25) is 4.79 Å². The molecule has 0 radical (unpaired) electrons. The Balaban J connectivity index is 1.76. The molecule has 2 fully saturated rings. The molecule has 92 valence electrons. The van der Waals surface area contributed by atoms with Crippen molar-refractivity contribution in [2.45, 2.75) is 57.4 Å². The maximum Gasteiger partial charge on any atom is 0.224 e. The Morgan fingerprint density at radius 1 is 1.06 bits per heavy atom. The van der Waals surface area contributed by atoms with Crippen molar-refractivity contribution in [2.24, 2.45) is 0 Å². The summed E-state index contributed by atoms with van der Waals surface area (Å²) in [4.78, 5) is 14.2. The van der Waals surface area contributed by atoms with Gasteiger partial charge in [0.25, 0.3) is 0 Å². The lowest BCUT2D eigenvalue weighted by Gasteiger charge is -2.26. The standard InChI is InChI=1S/C13H24N2O/c16-13(11-12-7-3-4-8-14-12)15-9-5-1-2-6-10-15/h12,14H,1-11H2/t12-/m1/s1. The summed E-state index contributed by atoms with van der Waals surface area (Å²) in [5.41, 5.74) is 0. The first kappa shape index (κ1) is 11.9. The van der Waals surface area contributed by atoms with E-state index in [0.29, 0.717) is 11.9 Å². The lowest BCUT2D eigenvalue weighted by Crippen LogP contribution is -2.40. The highest BCUT2D eigenvalue weighted by atomic mass is 16.2. The number of piperidine rings is 1. The van der Waals surface area contributed by atoms with Crippen molar-refractivity contribution in [1.82, 2.24) is 10.2 Å². The van der Waals surface area contributed by atoms with Crippen LogP contribution in [0.3, 0.4) is 0 Å². The average Bonchev–Trinajstić information content (AvgIpc) is 2.59. The second-order valence-electron chi connectivity index (χ2n) is 5.15. The van der Waals surface area contributed by atoms with Crippen LogP contribution in [0, 0.1) is 0 Å². The van der Waals surface area contributed by atoms with Gasteiger partial charge in [-0.1, -0.05) is 19.3 Å². The van der Waals surface area contributed by atoms with E-state index < -0.39 is 0 Å². The number of hydrogen-bond donors (Lipinski definition) is 1. The topological polar surface area (TPSA) is 32.3 Å². The first-order valence-corrected chi connectivity index (χ1v) is 6.87. The third-order valence-electron chi connectivity index (χ3n) is 3.79. The van der Waals surface area contributed by atoms with E-state index in [4.69, 9.17) is 0 Å². The lowest BCUT2D eigenvalue weighted by molar-refractivity contribution is -0.131. The molecule has 2 heterocycles. The Morgan fingerprint density at radius 2 is 1.81 bits per heavy atom. The summed E-state index contributed by atoms with van der Waals surface area (Å²) in [5, 5.41) is 3.46. The van der Waals surface area contributed by atoms with E-state index in [9.17, 15) is 4.79 Å². The lowest BCUT2D eigenvalue weighted by atomic mass is 10.0. The van der Waals surface area contributed by atoms with E-state index >= 15 is 0 Å². The molecule has 1 atom stereocenters. The van der Waals surface area contributed by atoms with Crippen molar-refractivity contribution in [3.8, 4) is 0 Å². The van der Waals surface area contributed by atoms with Crippen molar-refractivity contribution in [1.29, 1.82) is 0 Å². The summed E-state index contributed by atoms with van der Waals surface area (Å²) in [6.07, 6.45) is 9.45. The molecule has 3 heteroatoms. The molecule has 1 amide bonds. The fourth-order valence-corrected chi connectivity index (χ4v) is 2.76. The van der Waals surface area contributed by atoms with Gasteiger partial charge >= 0.3 is 0 Å². The zero-order chi connectivity index (χ0) is 11.2. The fourth-order valence-electron chi connectivity index (χ4n) is 2.76. The van der Waals surface area contributed by atoms with Crippen LogP contribution in [0.15, 0.2) is 0 Å². The van der Waals surface area contributed by atoms with Crippen molar-refractivity contribution < 1.29 is 4.79 Å². The van der Waals surface area contributed by atoms with Crippen molar-refractivity contribution in [3.05, 3.63) is 0 Å². The molecule has 0 aromatic rings.